The SMILES string of the molecule is CNC(C1CCOCC1)C1CCOC2(CCOCC2)C1. The van der Waals surface area contributed by atoms with Gasteiger partial charge in [0.25, 0.3) is 0 Å². The highest BCUT2D eigenvalue weighted by atomic mass is 16.5. The molecular weight excluding hydrogens is 254 g/mol. The summed E-state index contributed by atoms with van der Waals surface area (Å²) in [5.74, 6) is 1.52. The minimum absolute atomic E-state index is 0.113. The second-order valence-corrected chi connectivity index (χ2v) is 6.66. The first-order chi connectivity index (χ1) is 9.83. The van der Waals surface area contributed by atoms with Crippen LogP contribution in [0, 0.1) is 11.8 Å². The molecule has 0 bridgehead atoms. The summed E-state index contributed by atoms with van der Waals surface area (Å²) in [7, 11) is 2.13. The second-order valence-electron chi connectivity index (χ2n) is 6.66. The Kier molecular flexibility index (Phi) is 4.97. The van der Waals surface area contributed by atoms with E-state index in [9.17, 15) is 0 Å². The number of hydrogen-bond donors (Lipinski definition) is 1. The quantitative estimate of drug-likeness (QED) is 0.860. The van der Waals surface area contributed by atoms with Crippen molar-refractivity contribution in [2.24, 2.45) is 11.8 Å². The molecule has 3 heterocycles. The van der Waals surface area contributed by atoms with E-state index in [4.69, 9.17) is 14.2 Å². The van der Waals surface area contributed by atoms with Crippen LogP contribution >= 0.6 is 0 Å². The fourth-order valence-electron chi connectivity index (χ4n) is 4.40. The van der Waals surface area contributed by atoms with E-state index >= 15 is 0 Å². The molecule has 3 aliphatic rings. The van der Waals surface area contributed by atoms with E-state index in [2.05, 4.69) is 12.4 Å². The van der Waals surface area contributed by atoms with Gasteiger partial charge in [0, 0.05) is 39.1 Å². The van der Waals surface area contributed by atoms with Crippen LogP contribution in [0.15, 0.2) is 0 Å². The van der Waals surface area contributed by atoms with E-state index in [1.807, 2.05) is 0 Å². The molecular formula is C16H29NO3. The molecule has 3 rings (SSSR count). The average molecular weight is 283 g/mol. The Labute approximate surface area is 122 Å². The molecule has 2 atom stereocenters. The van der Waals surface area contributed by atoms with Crippen molar-refractivity contribution in [1.29, 1.82) is 0 Å². The molecule has 0 aromatic carbocycles. The van der Waals surface area contributed by atoms with Crippen LogP contribution in [0.2, 0.25) is 0 Å². The van der Waals surface area contributed by atoms with Gasteiger partial charge < -0.3 is 19.5 Å². The first-order valence-corrected chi connectivity index (χ1v) is 8.30. The molecule has 4 nitrogen and oxygen atoms in total. The summed E-state index contributed by atoms with van der Waals surface area (Å²) in [6.45, 7) is 4.53. The summed E-state index contributed by atoms with van der Waals surface area (Å²) in [5.41, 5.74) is 0.113. The van der Waals surface area contributed by atoms with Crippen LogP contribution in [0.5, 0.6) is 0 Å². The molecule has 0 aromatic heterocycles. The standard InChI is InChI=1S/C16H29NO3/c1-17-15(13-2-7-18-8-3-13)14-4-9-20-16(12-14)5-10-19-11-6-16/h13-15,17H,2-12H2,1H3. The normalized spacial score (nSPS) is 33.1. The van der Waals surface area contributed by atoms with Crippen LogP contribution < -0.4 is 5.32 Å². The lowest BCUT2D eigenvalue weighted by Crippen LogP contribution is -2.51. The van der Waals surface area contributed by atoms with Crippen molar-refractivity contribution in [1.82, 2.24) is 5.32 Å². The van der Waals surface area contributed by atoms with Crippen molar-refractivity contribution in [3.8, 4) is 0 Å². The third kappa shape index (κ3) is 3.19. The molecule has 20 heavy (non-hydrogen) atoms. The van der Waals surface area contributed by atoms with Crippen LogP contribution in [-0.2, 0) is 14.2 Å². The van der Waals surface area contributed by atoms with Crippen LogP contribution in [0.3, 0.4) is 0 Å². The van der Waals surface area contributed by atoms with Gasteiger partial charge in [-0.2, -0.15) is 0 Å². The van der Waals surface area contributed by atoms with E-state index < -0.39 is 0 Å². The smallest absolute Gasteiger partial charge is 0.0729 e. The number of rotatable bonds is 3. The molecule has 0 amide bonds. The molecule has 1 N–H and O–H groups in total. The highest BCUT2D eigenvalue weighted by molar-refractivity contribution is 4.94. The molecule has 0 aromatic rings. The molecule has 0 saturated carbocycles. The van der Waals surface area contributed by atoms with Crippen molar-refractivity contribution in [3.63, 3.8) is 0 Å². The Balaban J connectivity index is 1.64. The predicted octanol–water partition coefficient (Wildman–Crippen LogP) is 1.98. The first-order valence-electron chi connectivity index (χ1n) is 8.30. The van der Waals surface area contributed by atoms with Gasteiger partial charge in [0.2, 0.25) is 0 Å². The van der Waals surface area contributed by atoms with E-state index in [-0.39, 0.29) is 5.60 Å². The van der Waals surface area contributed by atoms with Crippen LogP contribution in [0.1, 0.15) is 38.5 Å². The van der Waals surface area contributed by atoms with E-state index in [1.54, 1.807) is 0 Å². The molecule has 116 valence electrons. The Hall–Kier alpha value is -0.160. The Morgan fingerprint density at radius 1 is 0.900 bits per heavy atom. The van der Waals surface area contributed by atoms with Crippen molar-refractivity contribution >= 4 is 0 Å². The van der Waals surface area contributed by atoms with Gasteiger partial charge in [-0.1, -0.05) is 0 Å². The summed E-state index contributed by atoms with van der Waals surface area (Å²) < 4.78 is 17.2. The monoisotopic (exact) mass is 283 g/mol. The highest BCUT2D eigenvalue weighted by Gasteiger charge is 2.42. The Morgan fingerprint density at radius 3 is 2.25 bits per heavy atom. The molecule has 1 spiro atoms. The lowest BCUT2D eigenvalue weighted by atomic mass is 9.73. The van der Waals surface area contributed by atoms with Crippen molar-refractivity contribution < 1.29 is 14.2 Å². The van der Waals surface area contributed by atoms with Gasteiger partial charge in [-0.3, -0.25) is 0 Å². The van der Waals surface area contributed by atoms with Crippen molar-refractivity contribution in [3.05, 3.63) is 0 Å². The van der Waals surface area contributed by atoms with E-state index in [1.165, 1.54) is 25.7 Å². The second kappa shape index (κ2) is 6.73. The predicted molar refractivity (Wildman–Crippen MR) is 77.9 cm³/mol. The minimum Gasteiger partial charge on any atom is -0.381 e. The van der Waals surface area contributed by atoms with Gasteiger partial charge >= 0.3 is 0 Å². The maximum absolute atomic E-state index is 6.19. The lowest BCUT2D eigenvalue weighted by molar-refractivity contribution is -0.152. The fourth-order valence-corrected chi connectivity index (χ4v) is 4.40. The van der Waals surface area contributed by atoms with Crippen molar-refractivity contribution in [2.75, 3.05) is 40.1 Å². The minimum atomic E-state index is 0.113. The van der Waals surface area contributed by atoms with E-state index in [0.29, 0.717) is 6.04 Å². The van der Waals surface area contributed by atoms with Gasteiger partial charge in [0.15, 0.2) is 0 Å². The molecule has 3 aliphatic heterocycles. The molecule has 4 heteroatoms. The average Bonchev–Trinajstić information content (AvgIpc) is 2.50. The zero-order valence-electron chi connectivity index (χ0n) is 12.7. The zero-order chi connectivity index (χ0) is 13.8. The molecule has 2 unspecified atom stereocenters. The van der Waals surface area contributed by atoms with E-state index in [0.717, 1.165) is 57.7 Å². The summed E-state index contributed by atoms with van der Waals surface area (Å²) in [6, 6.07) is 0.627. The molecule has 0 aliphatic carbocycles. The van der Waals surface area contributed by atoms with Gasteiger partial charge in [-0.05, 0) is 57.4 Å². The summed E-state index contributed by atoms with van der Waals surface area (Å²) in [5, 5.41) is 3.62. The molecule has 0 radical (unpaired) electrons. The molecule has 3 fully saturated rings. The van der Waals surface area contributed by atoms with Gasteiger partial charge in [-0.25, -0.2) is 0 Å². The lowest BCUT2D eigenvalue weighted by Gasteiger charge is -2.47. The topological polar surface area (TPSA) is 39.7 Å². The van der Waals surface area contributed by atoms with Crippen LogP contribution in [0.4, 0.5) is 0 Å². The molecule has 3 saturated heterocycles. The maximum atomic E-state index is 6.19. The number of nitrogens with one attached hydrogen (secondary N) is 1. The van der Waals surface area contributed by atoms with Gasteiger partial charge in [0.05, 0.1) is 5.60 Å². The summed E-state index contributed by atoms with van der Waals surface area (Å²) in [4.78, 5) is 0. The Morgan fingerprint density at radius 2 is 1.55 bits per heavy atom. The largest absolute Gasteiger partial charge is 0.381 e. The fraction of sp³-hybridized carbons (Fsp3) is 1.00. The third-order valence-corrected chi connectivity index (χ3v) is 5.55. The van der Waals surface area contributed by atoms with Crippen LogP contribution in [-0.4, -0.2) is 51.7 Å². The summed E-state index contributed by atoms with van der Waals surface area (Å²) in [6.07, 6.45) is 6.98. The first kappa shape index (κ1) is 14.8. The number of hydrogen-bond acceptors (Lipinski definition) is 4. The van der Waals surface area contributed by atoms with Gasteiger partial charge in [-0.15, -0.1) is 0 Å². The summed E-state index contributed by atoms with van der Waals surface area (Å²) >= 11 is 0. The zero-order valence-corrected chi connectivity index (χ0v) is 12.7. The van der Waals surface area contributed by atoms with Crippen molar-refractivity contribution in [2.45, 2.75) is 50.2 Å². The third-order valence-electron chi connectivity index (χ3n) is 5.55. The van der Waals surface area contributed by atoms with Gasteiger partial charge in [0.1, 0.15) is 0 Å². The highest BCUT2D eigenvalue weighted by Crippen LogP contribution is 2.40. The Bertz CT molecular complexity index is 293. The number of ether oxygens (including phenoxy) is 3. The van der Waals surface area contributed by atoms with Crippen LogP contribution in [0.25, 0.3) is 0 Å². The maximum Gasteiger partial charge on any atom is 0.0729 e.